The van der Waals surface area contributed by atoms with Crippen molar-refractivity contribution in [3.63, 3.8) is 0 Å². The quantitative estimate of drug-likeness (QED) is 0.690. The Balaban J connectivity index is 1.69. The molecule has 0 unspecified atom stereocenters. The van der Waals surface area contributed by atoms with Gasteiger partial charge in [0, 0.05) is 49.4 Å². The number of rotatable bonds is 8. The lowest BCUT2D eigenvalue weighted by molar-refractivity contribution is -0.672. The van der Waals surface area contributed by atoms with Crippen LogP contribution in [0.15, 0.2) is 48.5 Å². The molecule has 0 spiro atoms. The van der Waals surface area contributed by atoms with Gasteiger partial charge in [-0.25, -0.2) is 0 Å². The zero-order valence-corrected chi connectivity index (χ0v) is 18.7. The number of nitrogens with two attached hydrogens (primary N) is 1. The van der Waals surface area contributed by atoms with Gasteiger partial charge in [-0.2, -0.15) is 0 Å². The monoisotopic (exact) mass is 397 g/mol. The van der Waals surface area contributed by atoms with E-state index in [4.69, 9.17) is 9.47 Å². The average Bonchev–Trinajstić information content (AvgIpc) is 2.71. The van der Waals surface area contributed by atoms with E-state index in [0.29, 0.717) is 0 Å². The maximum absolute atomic E-state index is 6.07. The summed E-state index contributed by atoms with van der Waals surface area (Å²) in [6.07, 6.45) is 3.18. The van der Waals surface area contributed by atoms with Crippen LogP contribution in [0, 0.1) is 0 Å². The van der Waals surface area contributed by atoms with E-state index in [9.17, 15) is 0 Å². The van der Waals surface area contributed by atoms with Crippen molar-refractivity contribution >= 4 is 5.69 Å². The number of methoxy groups -OCH3 is 1. The van der Waals surface area contributed by atoms with Crippen LogP contribution in [0.1, 0.15) is 44.2 Å². The normalized spacial score (nSPS) is 21.0. The molecule has 0 aromatic heterocycles. The van der Waals surface area contributed by atoms with Crippen LogP contribution in [0.5, 0.6) is 5.75 Å². The van der Waals surface area contributed by atoms with Gasteiger partial charge in [0.2, 0.25) is 0 Å². The molecule has 4 nitrogen and oxygen atoms in total. The Kier molecular flexibility index (Phi) is 6.86. The highest BCUT2D eigenvalue weighted by atomic mass is 16.5. The zero-order valence-electron chi connectivity index (χ0n) is 18.7. The number of para-hydroxylation sites is 1. The fourth-order valence-corrected chi connectivity index (χ4v) is 4.72. The lowest BCUT2D eigenvalue weighted by atomic mass is 9.67. The zero-order chi connectivity index (χ0) is 20.9. The van der Waals surface area contributed by atoms with Crippen molar-refractivity contribution in [2.24, 2.45) is 0 Å². The largest absolute Gasteiger partial charge is 0.496 e. The standard InChI is InChI=1S/C25H36N2O2/c1-24(2)19-25(15-17-29-24,22-8-6-7-9-23(22)28-5)14-16-26-18-20-10-12-21(13-11-20)27(3)4/h6-13,26H,14-19H2,1-5H3/p+1/t25-/m1/s1. The highest BCUT2D eigenvalue weighted by Crippen LogP contribution is 2.46. The molecule has 0 radical (unpaired) electrons. The molecular formula is C25H37N2O2+. The molecule has 0 bridgehead atoms. The molecule has 0 saturated carbocycles. The van der Waals surface area contributed by atoms with Gasteiger partial charge in [0.15, 0.2) is 0 Å². The molecule has 1 heterocycles. The fourth-order valence-electron chi connectivity index (χ4n) is 4.72. The van der Waals surface area contributed by atoms with Crippen molar-refractivity contribution in [1.82, 2.24) is 0 Å². The van der Waals surface area contributed by atoms with E-state index in [2.05, 4.69) is 86.7 Å². The van der Waals surface area contributed by atoms with Crippen LogP contribution in [0.2, 0.25) is 0 Å². The van der Waals surface area contributed by atoms with Gasteiger partial charge in [-0.05, 0) is 44.9 Å². The minimum absolute atomic E-state index is 0.0969. The minimum atomic E-state index is -0.110. The van der Waals surface area contributed by atoms with Crippen LogP contribution in [-0.4, -0.2) is 40.0 Å². The Hall–Kier alpha value is -2.04. The first-order chi connectivity index (χ1) is 13.9. The van der Waals surface area contributed by atoms with Crippen molar-refractivity contribution < 1.29 is 14.8 Å². The molecule has 3 rings (SSSR count). The second-order valence-electron chi connectivity index (χ2n) is 9.11. The van der Waals surface area contributed by atoms with Crippen molar-refractivity contribution in [1.29, 1.82) is 0 Å². The first-order valence-corrected chi connectivity index (χ1v) is 10.7. The van der Waals surface area contributed by atoms with Crippen LogP contribution in [-0.2, 0) is 16.7 Å². The molecule has 1 aliphatic heterocycles. The number of quaternary nitrogens is 1. The summed E-state index contributed by atoms with van der Waals surface area (Å²) in [4.78, 5) is 2.14. The van der Waals surface area contributed by atoms with Gasteiger partial charge >= 0.3 is 0 Å². The molecule has 158 valence electrons. The Morgan fingerprint density at radius 2 is 1.79 bits per heavy atom. The number of benzene rings is 2. The maximum Gasteiger partial charge on any atom is 0.122 e. The Morgan fingerprint density at radius 1 is 1.07 bits per heavy atom. The van der Waals surface area contributed by atoms with Crippen LogP contribution in [0.3, 0.4) is 0 Å². The summed E-state index contributed by atoms with van der Waals surface area (Å²) >= 11 is 0. The van der Waals surface area contributed by atoms with E-state index in [0.717, 1.165) is 44.7 Å². The molecule has 0 aliphatic carbocycles. The van der Waals surface area contributed by atoms with E-state index < -0.39 is 0 Å². The van der Waals surface area contributed by atoms with Crippen LogP contribution in [0.25, 0.3) is 0 Å². The molecule has 1 atom stereocenters. The third kappa shape index (κ3) is 5.31. The molecule has 2 aromatic rings. The van der Waals surface area contributed by atoms with Crippen molar-refractivity contribution in [2.45, 2.75) is 50.7 Å². The van der Waals surface area contributed by atoms with Gasteiger partial charge < -0.3 is 19.7 Å². The molecule has 0 amide bonds. The van der Waals surface area contributed by atoms with E-state index >= 15 is 0 Å². The highest BCUT2D eigenvalue weighted by Gasteiger charge is 2.43. The Morgan fingerprint density at radius 3 is 2.45 bits per heavy atom. The molecule has 1 fully saturated rings. The van der Waals surface area contributed by atoms with Crippen molar-refractivity contribution in [3.05, 3.63) is 59.7 Å². The fraction of sp³-hybridized carbons (Fsp3) is 0.520. The number of hydrogen-bond acceptors (Lipinski definition) is 3. The number of ether oxygens (including phenoxy) is 2. The van der Waals surface area contributed by atoms with Crippen LogP contribution in [0.4, 0.5) is 5.69 Å². The summed E-state index contributed by atoms with van der Waals surface area (Å²) in [6.45, 7) is 7.33. The molecule has 29 heavy (non-hydrogen) atoms. The van der Waals surface area contributed by atoms with Crippen molar-refractivity contribution in [2.75, 3.05) is 39.3 Å². The van der Waals surface area contributed by atoms with Crippen LogP contribution >= 0.6 is 0 Å². The highest BCUT2D eigenvalue weighted by molar-refractivity contribution is 5.45. The Labute approximate surface area is 176 Å². The second-order valence-corrected chi connectivity index (χ2v) is 9.11. The van der Waals surface area contributed by atoms with Crippen LogP contribution < -0.4 is 15.0 Å². The summed E-state index contributed by atoms with van der Waals surface area (Å²) < 4.78 is 11.8. The first-order valence-electron chi connectivity index (χ1n) is 10.7. The molecule has 1 saturated heterocycles. The van der Waals surface area contributed by atoms with Crippen molar-refractivity contribution in [3.8, 4) is 5.75 Å². The van der Waals surface area contributed by atoms with Gasteiger partial charge in [-0.3, -0.25) is 0 Å². The predicted molar refractivity (Wildman–Crippen MR) is 120 cm³/mol. The lowest BCUT2D eigenvalue weighted by Crippen LogP contribution is -2.83. The molecule has 2 N–H and O–H groups in total. The molecular weight excluding hydrogens is 360 g/mol. The smallest absolute Gasteiger partial charge is 0.122 e. The Bertz CT molecular complexity index is 786. The van der Waals surface area contributed by atoms with E-state index in [-0.39, 0.29) is 11.0 Å². The third-order valence-electron chi connectivity index (χ3n) is 6.18. The van der Waals surface area contributed by atoms with E-state index in [1.807, 2.05) is 0 Å². The SMILES string of the molecule is COc1ccccc1[C@]1(CC[NH2+]Cc2ccc(N(C)C)cc2)CCOC(C)(C)C1. The van der Waals surface area contributed by atoms with Gasteiger partial charge in [-0.1, -0.05) is 30.3 Å². The van der Waals surface area contributed by atoms with E-state index in [1.165, 1.54) is 16.8 Å². The van der Waals surface area contributed by atoms with Gasteiger partial charge in [0.1, 0.15) is 12.3 Å². The maximum atomic E-state index is 6.07. The molecule has 2 aromatic carbocycles. The third-order valence-corrected chi connectivity index (χ3v) is 6.18. The average molecular weight is 398 g/mol. The summed E-state index contributed by atoms with van der Waals surface area (Å²) in [5.74, 6) is 1.00. The molecule has 4 heteroatoms. The second kappa shape index (κ2) is 9.19. The first kappa shape index (κ1) is 21.7. The summed E-state index contributed by atoms with van der Waals surface area (Å²) in [5, 5.41) is 2.43. The number of hydrogen-bond donors (Lipinski definition) is 1. The topological polar surface area (TPSA) is 38.3 Å². The van der Waals surface area contributed by atoms with E-state index in [1.54, 1.807) is 7.11 Å². The summed E-state index contributed by atoms with van der Waals surface area (Å²) in [6, 6.07) is 17.4. The van der Waals surface area contributed by atoms with Gasteiger partial charge in [0.25, 0.3) is 0 Å². The lowest BCUT2D eigenvalue weighted by Gasteiger charge is -2.45. The van der Waals surface area contributed by atoms with Gasteiger partial charge in [0.05, 0.1) is 19.3 Å². The summed E-state index contributed by atoms with van der Waals surface area (Å²) in [7, 11) is 5.93. The van der Waals surface area contributed by atoms with Gasteiger partial charge in [-0.15, -0.1) is 0 Å². The number of nitrogens with zero attached hydrogens (tertiary/aromatic N) is 1. The number of anilines is 1. The molecule has 1 aliphatic rings. The minimum Gasteiger partial charge on any atom is -0.496 e. The predicted octanol–water partition coefficient (Wildman–Crippen LogP) is 3.74. The summed E-state index contributed by atoms with van der Waals surface area (Å²) in [5.41, 5.74) is 3.94.